The van der Waals surface area contributed by atoms with Gasteiger partial charge in [0.1, 0.15) is 11.6 Å². The lowest BCUT2D eigenvalue weighted by atomic mass is 9.87. The Kier molecular flexibility index (Phi) is 5.11. The zero-order valence-corrected chi connectivity index (χ0v) is 18.8. The summed E-state index contributed by atoms with van der Waals surface area (Å²) < 4.78 is 1.56. The molecule has 1 saturated heterocycles. The lowest BCUT2D eigenvalue weighted by molar-refractivity contribution is 0.506. The van der Waals surface area contributed by atoms with Crippen molar-refractivity contribution >= 4 is 27.4 Å². The molecule has 162 valence electrons. The second kappa shape index (κ2) is 8.11. The average molecular weight is 433 g/mol. The minimum Gasteiger partial charge on any atom is -0.370 e. The van der Waals surface area contributed by atoms with E-state index < -0.39 is 0 Å². The minimum absolute atomic E-state index is 0.217. The number of anilines is 1. The van der Waals surface area contributed by atoms with E-state index in [1.807, 2.05) is 37.3 Å². The zero-order valence-electron chi connectivity index (χ0n) is 18.8. The molecule has 5 heteroatoms. The van der Waals surface area contributed by atoms with Gasteiger partial charge in [-0.15, -0.1) is 0 Å². The number of aromatic nitrogens is 1. The fourth-order valence-electron chi connectivity index (χ4n) is 5.22. The lowest BCUT2D eigenvalue weighted by Gasteiger charge is -2.35. The normalized spacial score (nSPS) is 14.4. The van der Waals surface area contributed by atoms with Gasteiger partial charge in [-0.2, -0.15) is 10.5 Å². The molecular weight excluding hydrogens is 408 g/mol. The van der Waals surface area contributed by atoms with Crippen LogP contribution in [0.25, 0.3) is 21.7 Å². The maximum atomic E-state index is 12.9. The van der Waals surface area contributed by atoms with Crippen molar-refractivity contribution in [3.05, 3.63) is 87.2 Å². The maximum Gasteiger partial charge on any atom is 0.270 e. The van der Waals surface area contributed by atoms with Gasteiger partial charge in [-0.05, 0) is 65.8 Å². The third kappa shape index (κ3) is 3.43. The van der Waals surface area contributed by atoms with Crippen LogP contribution in [0.15, 0.2) is 59.4 Å². The van der Waals surface area contributed by atoms with E-state index in [1.54, 1.807) is 11.6 Å². The topological polar surface area (TPSA) is 72.8 Å². The monoisotopic (exact) mass is 432 g/mol. The first-order chi connectivity index (χ1) is 16.0. The van der Waals surface area contributed by atoms with Crippen LogP contribution >= 0.6 is 0 Å². The van der Waals surface area contributed by atoms with Crippen LogP contribution in [0.5, 0.6) is 0 Å². The Morgan fingerprint density at radius 1 is 0.939 bits per heavy atom. The maximum absolute atomic E-state index is 12.9. The van der Waals surface area contributed by atoms with Crippen molar-refractivity contribution in [2.45, 2.75) is 25.7 Å². The van der Waals surface area contributed by atoms with Crippen LogP contribution in [0.1, 0.15) is 41.0 Å². The molecule has 0 unspecified atom stereocenters. The molecule has 0 N–H and O–H groups in total. The molecule has 5 rings (SSSR count). The van der Waals surface area contributed by atoms with Gasteiger partial charge in [-0.25, -0.2) is 0 Å². The second-order valence-electron chi connectivity index (χ2n) is 8.88. The molecule has 1 aliphatic rings. The van der Waals surface area contributed by atoms with Crippen LogP contribution in [0.4, 0.5) is 5.69 Å². The standard InChI is InChI=1S/C28H24N4O/c1-18-13-21-8-7-20(15-24(21)22(14-18)16-29)19-9-11-32(12-10-19)27-23-5-3-4-6-26(23)31(2)28(33)25(27)17-30/h3-8,13-15,19H,9-12H2,1-2H3. The Bertz CT molecular complexity index is 1540. The smallest absolute Gasteiger partial charge is 0.270 e. The number of aryl methyl sites for hydroxylation is 2. The first-order valence-corrected chi connectivity index (χ1v) is 11.2. The highest BCUT2D eigenvalue weighted by atomic mass is 16.1. The van der Waals surface area contributed by atoms with E-state index in [0.29, 0.717) is 5.92 Å². The lowest BCUT2D eigenvalue weighted by Crippen LogP contribution is -2.35. The predicted octanol–water partition coefficient (Wildman–Crippen LogP) is 5.13. The third-order valence-corrected chi connectivity index (χ3v) is 6.91. The predicted molar refractivity (Wildman–Crippen MR) is 131 cm³/mol. The molecule has 0 saturated carbocycles. The van der Waals surface area contributed by atoms with Crippen LogP contribution in [0.2, 0.25) is 0 Å². The van der Waals surface area contributed by atoms with Gasteiger partial charge < -0.3 is 9.47 Å². The molecule has 0 radical (unpaired) electrons. The third-order valence-electron chi connectivity index (χ3n) is 6.91. The number of rotatable bonds is 2. The number of hydrogen-bond donors (Lipinski definition) is 0. The Morgan fingerprint density at radius 2 is 1.70 bits per heavy atom. The van der Waals surface area contributed by atoms with Crippen LogP contribution in [0.3, 0.4) is 0 Å². The van der Waals surface area contributed by atoms with Gasteiger partial charge in [0.2, 0.25) is 0 Å². The highest BCUT2D eigenvalue weighted by Gasteiger charge is 2.26. The highest BCUT2D eigenvalue weighted by Crippen LogP contribution is 2.36. The summed E-state index contributed by atoms with van der Waals surface area (Å²) in [6.07, 6.45) is 1.85. The molecule has 0 aliphatic carbocycles. The molecule has 0 bridgehead atoms. The van der Waals surface area contributed by atoms with Crippen LogP contribution in [-0.2, 0) is 7.05 Å². The summed E-state index contributed by atoms with van der Waals surface area (Å²) in [5, 5.41) is 22.4. The van der Waals surface area contributed by atoms with E-state index in [9.17, 15) is 15.3 Å². The van der Waals surface area contributed by atoms with Crippen molar-refractivity contribution in [2.24, 2.45) is 7.05 Å². The van der Waals surface area contributed by atoms with Crippen LogP contribution in [0, 0.1) is 29.6 Å². The van der Waals surface area contributed by atoms with Crippen molar-refractivity contribution in [2.75, 3.05) is 18.0 Å². The number of nitrogens with zero attached hydrogens (tertiary/aromatic N) is 4. The molecule has 3 aromatic carbocycles. The quantitative estimate of drug-likeness (QED) is 0.440. The van der Waals surface area contributed by atoms with Crippen molar-refractivity contribution in [3.8, 4) is 12.1 Å². The summed E-state index contributed by atoms with van der Waals surface area (Å²) in [5.41, 5.74) is 4.63. The Labute approximate surface area is 192 Å². The van der Waals surface area contributed by atoms with Gasteiger partial charge in [-0.3, -0.25) is 4.79 Å². The number of pyridine rings is 1. The largest absolute Gasteiger partial charge is 0.370 e. The van der Waals surface area contributed by atoms with Gasteiger partial charge in [0.05, 0.1) is 22.8 Å². The molecule has 1 aromatic heterocycles. The van der Waals surface area contributed by atoms with E-state index in [-0.39, 0.29) is 11.1 Å². The minimum atomic E-state index is -0.248. The number of benzene rings is 3. The van der Waals surface area contributed by atoms with Gasteiger partial charge >= 0.3 is 0 Å². The van der Waals surface area contributed by atoms with Crippen LogP contribution in [-0.4, -0.2) is 17.7 Å². The van der Waals surface area contributed by atoms with Crippen molar-refractivity contribution in [1.82, 2.24) is 4.57 Å². The van der Waals surface area contributed by atoms with Crippen molar-refractivity contribution < 1.29 is 0 Å². The van der Waals surface area contributed by atoms with Crippen LogP contribution < -0.4 is 10.5 Å². The molecule has 5 nitrogen and oxygen atoms in total. The fourth-order valence-corrected chi connectivity index (χ4v) is 5.22. The average Bonchev–Trinajstić information content (AvgIpc) is 2.85. The fraction of sp³-hybridized carbons (Fsp3) is 0.250. The highest BCUT2D eigenvalue weighted by molar-refractivity contribution is 5.95. The second-order valence-corrected chi connectivity index (χ2v) is 8.88. The van der Waals surface area contributed by atoms with E-state index in [4.69, 9.17) is 0 Å². The first kappa shape index (κ1) is 20.8. The number of para-hydroxylation sites is 1. The molecule has 1 fully saturated rings. The van der Waals surface area contributed by atoms with Gasteiger partial charge in [0.15, 0.2) is 0 Å². The van der Waals surface area contributed by atoms with Crippen molar-refractivity contribution in [1.29, 1.82) is 10.5 Å². The summed E-state index contributed by atoms with van der Waals surface area (Å²) in [5.74, 6) is 0.377. The number of nitriles is 2. The molecular formula is C28H24N4O. The Hall–Kier alpha value is -4.09. The van der Waals surface area contributed by atoms with Gasteiger partial charge in [0.25, 0.3) is 5.56 Å². The van der Waals surface area contributed by atoms with E-state index in [1.165, 1.54) is 5.56 Å². The summed E-state index contributed by atoms with van der Waals surface area (Å²) in [4.78, 5) is 15.1. The summed E-state index contributed by atoms with van der Waals surface area (Å²) in [7, 11) is 1.72. The van der Waals surface area contributed by atoms with Gasteiger partial charge in [-0.1, -0.05) is 36.4 Å². The number of piperidine rings is 1. The molecule has 4 aromatic rings. The first-order valence-electron chi connectivity index (χ1n) is 11.2. The molecule has 0 spiro atoms. The summed E-state index contributed by atoms with van der Waals surface area (Å²) in [6, 6.07) is 22.8. The SMILES string of the molecule is Cc1cc(C#N)c2cc(C3CCN(c4c(C#N)c(=O)n(C)c5ccccc45)CC3)ccc2c1. The molecule has 2 heterocycles. The zero-order chi connectivity index (χ0) is 23.1. The van der Waals surface area contributed by atoms with Gasteiger partial charge in [0, 0.05) is 25.5 Å². The Balaban J connectivity index is 1.48. The van der Waals surface area contributed by atoms with E-state index >= 15 is 0 Å². The summed E-state index contributed by atoms with van der Waals surface area (Å²) >= 11 is 0. The van der Waals surface area contributed by atoms with Crippen molar-refractivity contribution in [3.63, 3.8) is 0 Å². The molecule has 33 heavy (non-hydrogen) atoms. The summed E-state index contributed by atoms with van der Waals surface area (Å²) in [6.45, 7) is 3.56. The Morgan fingerprint density at radius 3 is 2.42 bits per heavy atom. The molecule has 0 atom stereocenters. The van der Waals surface area contributed by atoms with E-state index in [0.717, 1.165) is 64.4 Å². The van der Waals surface area contributed by atoms with E-state index in [2.05, 4.69) is 41.3 Å². The molecule has 0 amide bonds. The molecule has 1 aliphatic heterocycles. The number of fused-ring (bicyclic) bond motifs is 2. The number of hydrogen-bond acceptors (Lipinski definition) is 4.